The third kappa shape index (κ3) is 7.99. The summed E-state index contributed by atoms with van der Waals surface area (Å²) in [5.41, 5.74) is 1.92. The van der Waals surface area contributed by atoms with Crippen molar-refractivity contribution >= 4 is 50.7 Å². The molecule has 0 saturated heterocycles. The molecule has 10 heteroatoms. The van der Waals surface area contributed by atoms with Crippen molar-refractivity contribution in [3.63, 3.8) is 0 Å². The molecule has 4 rings (SSSR count). The Morgan fingerprint density at radius 3 is 2.08 bits per heavy atom. The predicted molar refractivity (Wildman–Crippen MR) is 160 cm³/mol. The number of halogens is 2. The number of nitrogens with zero attached hydrogens (tertiary/aromatic N) is 2. The van der Waals surface area contributed by atoms with Gasteiger partial charge in [0.2, 0.25) is 21.8 Å². The SMILES string of the molecule is CS(=O)(=O)N(CC(=O)N(Cc1ccccc1)[C@@H](Cc1ccccc1)C(=O)NC1CCCC1)c1ccc(Cl)c(Cl)c1. The van der Waals surface area contributed by atoms with Crippen molar-refractivity contribution in [1.82, 2.24) is 10.2 Å². The third-order valence-corrected chi connectivity index (χ3v) is 8.92. The molecule has 1 aliphatic rings. The summed E-state index contributed by atoms with van der Waals surface area (Å²) in [6.07, 6.45) is 5.20. The summed E-state index contributed by atoms with van der Waals surface area (Å²) in [4.78, 5) is 29.4. The molecule has 0 radical (unpaired) electrons. The minimum atomic E-state index is -3.89. The van der Waals surface area contributed by atoms with Gasteiger partial charge in [-0.25, -0.2) is 8.42 Å². The lowest BCUT2D eigenvalue weighted by atomic mass is 10.0. The Kier molecular flexibility index (Phi) is 10.1. The minimum absolute atomic E-state index is 0.0585. The van der Waals surface area contributed by atoms with Crippen LogP contribution in [0.3, 0.4) is 0 Å². The first kappa shape index (κ1) is 29.9. The molecule has 212 valence electrons. The van der Waals surface area contributed by atoms with Gasteiger partial charge in [-0.15, -0.1) is 0 Å². The van der Waals surface area contributed by atoms with Crippen LogP contribution in [0.4, 0.5) is 5.69 Å². The lowest BCUT2D eigenvalue weighted by Gasteiger charge is -2.34. The highest BCUT2D eigenvalue weighted by molar-refractivity contribution is 7.92. The number of amides is 2. The fraction of sp³-hybridized carbons (Fsp3) is 0.333. The number of carbonyl (C=O) groups excluding carboxylic acids is 2. The molecule has 1 saturated carbocycles. The van der Waals surface area contributed by atoms with Crippen molar-refractivity contribution in [1.29, 1.82) is 0 Å². The summed E-state index contributed by atoms with van der Waals surface area (Å²) in [6, 6.07) is 22.5. The van der Waals surface area contributed by atoms with Crippen LogP contribution in [0.25, 0.3) is 0 Å². The molecule has 2 amide bonds. The highest BCUT2D eigenvalue weighted by atomic mass is 35.5. The van der Waals surface area contributed by atoms with Gasteiger partial charge in [-0.05, 0) is 42.2 Å². The van der Waals surface area contributed by atoms with Crippen LogP contribution in [-0.2, 0) is 32.6 Å². The lowest BCUT2D eigenvalue weighted by Crippen LogP contribution is -2.54. The van der Waals surface area contributed by atoms with Crippen molar-refractivity contribution in [2.75, 3.05) is 17.1 Å². The van der Waals surface area contributed by atoms with E-state index in [4.69, 9.17) is 23.2 Å². The van der Waals surface area contributed by atoms with Gasteiger partial charge in [0.05, 0.1) is 22.0 Å². The number of sulfonamides is 1. The number of benzene rings is 3. The zero-order valence-electron chi connectivity index (χ0n) is 22.3. The van der Waals surface area contributed by atoms with Crippen LogP contribution in [0, 0.1) is 0 Å². The van der Waals surface area contributed by atoms with Gasteiger partial charge in [0.1, 0.15) is 12.6 Å². The van der Waals surface area contributed by atoms with E-state index in [9.17, 15) is 18.0 Å². The molecule has 1 fully saturated rings. The number of hydrogen-bond acceptors (Lipinski definition) is 4. The summed E-state index contributed by atoms with van der Waals surface area (Å²) in [7, 11) is -3.89. The van der Waals surface area contributed by atoms with Gasteiger partial charge in [-0.1, -0.05) is 96.7 Å². The Morgan fingerprint density at radius 2 is 1.50 bits per heavy atom. The number of anilines is 1. The van der Waals surface area contributed by atoms with E-state index in [1.54, 1.807) is 0 Å². The molecule has 3 aromatic carbocycles. The van der Waals surface area contributed by atoms with Gasteiger partial charge in [-0.2, -0.15) is 0 Å². The second kappa shape index (κ2) is 13.5. The van der Waals surface area contributed by atoms with Crippen molar-refractivity contribution in [2.24, 2.45) is 0 Å². The van der Waals surface area contributed by atoms with Gasteiger partial charge in [-0.3, -0.25) is 13.9 Å². The van der Waals surface area contributed by atoms with E-state index in [1.807, 2.05) is 60.7 Å². The van der Waals surface area contributed by atoms with Crippen LogP contribution in [0.5, 0.6) is 0 Å². The van der Waals surface area contributed by atoms with E-state index in [2.05, 4.69) is 5.32 Å². The number of rotatable bonds is 11. The molecular weight excluding hydrogens is 569 g/mol. The van der Waals surface area contributed by atoms with Crippen LogP contribution in [0.2, 0.25) is 10.0 Å². The maximum atomic E-state index is 14.1. The summed E-state index contributed by atoms with van der Waals surface area (Å²) < 4.78 is 26.7. The molecule has 0 spiro atoms. The molecule has 3 aromatic rings. The average molecular weight is 603 g/mol. The Hall–Kier alpha value is -3.07. The second-order valence-electron chi connectivity index (χ2n) is 10.1. The standard InChI is InChI=1S/C30H33Cl2N3O4S/c1-40(38,39)35(25-16-17-26(31)27(32)19-25)21-29(36)34(20-23-12-6-3-7-13-23)28(18-22-10-4-2-5-11-22)30(37)33-24-14-8-9-15-24/h2-7,10-13,16-17,19,24,28H,8-9,14-15,18,20-21H2,1H3,(H,33,37)/t28-/m0/s1. The highest BCUT2D eigenvalue weighted by Gasteiger charge is 2.34. The van der Waals surface area contributed by atoms with Crippen LogP contribution < -0.4 is 9.62 Å². The molecule has 0 bridgehead atoms. The van der Waals surface area contributed by atoms with Crippen molar-refractivity contribution < 1.29 is 18.0 Å². The van der Waals surface area contributed by atoms with Crippen molar-refractivity contribution in [3.05, 3.63) is 100 Å². The van der Waals surface area contributed by atoms with Crippen molar-refractivity contribution in [2.45, 2.75) is 50.7 Å². The summed E-state index contributed by atoms with van der Waals surface area (Å²) in [5, 5.41) is 3.58. The molecule has 40 heavy (non-hydrogen) atoms. The number of hydrogen-bond donors (Lipinski definition) is 1. The molecule has 0 aromatic heterocycles. The molecule has 0 unspecified atom stereocenters. The van der Waals surface area contributed by atoms with Gasteiger partial charge >= 0.3 is 0 Å². The first-order valence-electron chi connectivity index (χ1n) is 13.2. The number of carbonyl (C=O) groups is 2. The van der Waals surface area contributed by atoms with Crippen LogP contribution in [-0.4, -0.2) is 50.0 Å². The van der Waals surface area contributed by atoms with Crippen molar-refractivity contribution in [3.8, 4) is 0 Å². The molecule has 0 aliphatic heterocycles. The highest BCUT2D eigenvalue weighted by Crippen LogP contribution is 2.29. The topological polar surface area (TPSA) is 86.8 Å². The van der Waals surface area contributed by atoms with Gasteiger partial charge in [0.15, 0.2) is 0 Å². The normalized spacial score (nSPS) is 14.5. The Bertz CT molecular complexity index is 1420. The van der Waals surface area contributed by atoms with E-state index in [0.717, 1.165) is 47.4 Å². The largest absolute Gasteiger partial charge is 0.352 e. The smallest absolute Gasteiger partial charge is 0.244 e. The first-order chi connectivity index (χ1) is 19.1. The molecular formula is C30H33Cl2N3O4S. The zero-order chi connectivity index (χ0) is 28.7. The van der Waals surface area contributed by atoms with Gasteiger partial charge < -0.3 is 10.2 Å². The molecule has 1 atom stereocenters. The summed E-state index contributed by atoms with van der Waals surface area (Å²) in [6.45, 7) is -0.375. The minimum Gasteiger partial charge on any atom is -0.352 e. The molecule has 1 aliphatic carbocycles. The quantitative estimate of drug-likeness (QED) is 0.316. The monoisotopic (exact) mass is 601 g/mol. The Labute approximate surface area is 246 Å². The summed E-state index contributed by atoms with van der Waals surface area (Å²) >= 11 is 12.2. The van der Waals surface area contributed by atoms with E-state index in [0.29, 0.717) is 0 Å². The van der Waals surface area contributed by atoms with Gasteiger partial charge in [0.25, 0.3) is 0 Å². The van der Waals surface area contributed by atoms with Crippen LogP contribution >= 0.6 is 23.2 Å². The second-order valence-corrected chi connectivity index (χ2v) is 12.8. The van der Waals surface area contributed by atoms with E-state index in [1.165, 1.54) is 23.1 Å². The maximum absolute atomic E-state index is 14.1. The fourth-order valence-corrected chi connectivity index (χ4v) is 6.09. The Balaban J connectivity index is 1.71. The zero-order valence-corrected chi connectivity index (χ0v) is 24.6. The third-order valence-electron chi connectivity index (χ3n) is 7.04. The lowest BCUT2D eigenvalue weighted by molar-refractivity contribution is -0.140. The van der Waals surface area contributed by atoms with E-state index in [-0.39, 0.29) is 40.6 Å². The fourth-order valence-electron chi connectivity index (χ4n) is 4.96. The summed E-state index contributed by atoms with van der Waals surface area (Å²) in [5.74, 6) is -0.761. The van der Waals surface area contributed by atoms with E-state index < -0.39 is 28.5 Å². The maximum Gasteiger partial charge on any atom is 0.244 e. The molecule has 7 nitrogen and oxygen atoms in total. The average Bonchev–Trinajstić information content (AvgIpc) is 3.44. The molecule has 0 heterocycles. The first-order valence-corrected chi connectivity index (χ1v) is 15.8. The molecule has 1 N–H and O–H groups in total. The van der Waals surface area contributed by atoms with Gasteiger partial charge in [0, 0.05) is 19.0 Å². The van der Waals surface area contributed by atoms with Crippen LogP contribution in [0.1, 0.15) is 36.8 Å². The predicted octanol–water partition coefficient (Wildman–Crippen LogP) is 5.46. The number of nitrogens with one attached hydrogen (secondary N) is 1. The van der Waals surface area contributed by atoms with Crippen LogP contribution in [0.15, 0.2) is 78.9 Å². The Morgan fingerprint density at radius 1 is 0.900 bits per heavy atom. The van der Waals surface area contributed by atoms with E-state index >= 15 is 0 Å².